The van der Waals surface area contributed by atoms with Crippen molar-refractivity contribution in [1.82, 2.24) is 4.90 Å². The summed E-state index contributed by atoms with van der Waals surface area (Å²) in [6.07, 6.45) is 2.30. The van der Waals surface area contributed by atoms with Gasteiger partial charge in [0.1, 0.15) is 0 Å². The van der Waals surface area contributed by atoms with E-state index in [1.807, 2.05) is 35.2 Å². The number of hydrogen-bond donors (Lipinski definition) is 1. The number of aliphatic hydroxyl groups is 1. The Kier molecular flexibility index (Phi) is 5.57. The van der Waals surface area contributed by atoms with Gasteiger partial charge >= 0.3 is 0 Å². The number of nitrogens with zero attached hydrogens (tertiary/aromatic N) is 1. The van der Waals surface area contributed by atoms with Gasteiger partial charge in [-0.25, -0.2) is 0 Å². The second-order valence-electron chi connectivity index (χ2n) is 3.68. The zero-order chi connectivity index (χ0) is 11.8. The van der Waals surface area contributed by atoms with E-state index >= 15 is 0 Å². The van der Waals surface area contributed by atoms with Crippen LogP contribution in [0.3, 0.4) is 0 Å². The molecule has 1 saturated heterocycles. The molecule has 0 saturated carbocycles. The van der Waals surface area contributed by atoms with E-state index in [1.54, 1.807) is 6.92 Å². The molecule has 0 bridgehead atoms. The number of benzene rings is 1. The van der Waals surface area contributed by atoms with E-state index in [0.29, 0.717) is 0 Å². The van der Waals surface area contributed by atoms with Crippen molar-refractivity contribution in [2.24, 2.45) is 0 Å². The molecule has 0 radical (unpaired) electrons. The minimum atomic E-state index is 0.179. The third-order valence-corrected chi connectivity index (χ3v) is 2.41. The zero-order valence-electron chi connectivity index (χ0n) is 9.72. The van der Waals surface area contributed by atoms with Crippen LogP contribution in [0.1, 0.15) is 30.1 Å². The highest BCUT2D eigenvalue weighted by Gasteiger charge is 2.18. The number of likely N-dealkylation sites (tertiary alicyclic amines) is 1. The molecule has 1 aromatic carbocycles. The Morgan fingerprint density at radius 3 is 2.25 bits per heavy atom. The first kappa shape index (κ1) is 12.7. The van der Waals surface area contributed by atoms with Crippen LogP contribution in [0.5, 0.6) is 0 Å². The molecule has 16 heavy (non-hydrogen) atoms. The summed E-state index contributed by atoms with van der Waals surface area (Å²) >= 11 is 0. The molecule has 88 valence electrons. The lowest BCUT2D eigenvalue weighted by atomic mass is 10.2. The average molecular weight is 221 g/mol. The summed E-state index contributed by atoms with van der Waals surface area (Å²) < 4.78 is 0. The highest BCUT2D eigenvalue weighted by molar-refractivity contribution is 5.94. The Balaban J connectivity index is 0.000000386. The van der Waals surface area contributed by atoms with E-state index < -0.39 is 0 Å². The fourth-order valence-corrected chi connectivity index (χ4v) is 1.68. The normalized spacial score (nSPS) is 14.2. The van der Waals surface area contributed by atoms with Crippen molar-refractivity contribution in [3.63, 3.8) is 0 Å². The van der Waals surface area contributed by atoms with Crippen LogP contribution >= 0.6 is 0 Å². The predicted molar refractivity (Wildman–Crippen MR) is 64.3 cm³/mol. The molecule has 3 heteroatoms. The van der Waals surface area contributed by atoms with E-state index in [9.17, 15) is 4.79 Å². The lowest BCUT2D eigenvalue weighted by Crippen LogP contribution is -2.27. The Bertz CT molecular complexity index is 305. The van der Waals surface area contributed by atoms with Gasteiger partial charge in [0.05, 0.1) is 0 Å². The lowest BCUT2D eigenvalue weighted by Gasteiger charge is -2.14. The van der Waals surface area contributed by atoms with Crippen LogP contribution in [0.15, 0.2) is 30.3 Å². The van der Waals surface area contributed by atoms with Crippen molar-refractivity contribution in [1.29, 1.82) is 0 Å². The predicted octanol–water partition coefficient (Wildman–Crippen LogP) is 1.92. The molecule has 0 aromatic heterocycles. The van der Waals surface area contributed by atoms with Gasteiger partial charge in [0.2, 0.25) is 0 Å². The summed E-state index contributed by atoms with van der Waals surface area (Å²) in [6, 6.07) is 9.49. The molecular weight excluding hydrogens is 202 g/mol. The van der Waals surface area contributed by atoms with E-state index in [-0.39, 0.29) is 12.5 Å². The molecule has 1 fully saturated rings. The molecule has 3 nitrogen and oxygen atoms in total. The summed E-state index contributed by atoms with van der Waals surface area (Å²) in [4.78, 5) is 13.7. The minimum Gasteiger partial charge on any atom is -0.397 e. The molecule has 2 rings (SSSR count). The Hall–Kier alpha value is -1.35. The van der Waals surface area contributed by atoms with Crippen LogP contribution in [-0.4, -0.2) is 35.6 Å². The van der Waals surface area contributed by atoms with Gasteiger partial charge < -0.3 is 10.0 Å². The second-order valence-corrected chi connectivity index (χ2v) is 3.68. The van der Waals surface area contributed by atoms with Crippen LogP contribution in [0.25, 0.3) is 0 Å². The smallest absolute Gasteiger partial charge is 0.253 e. The van der Waals surface area contributed by atoms with Gasteiger partial charge in [-0.3, -0.25) is 4.79 Å². The number of hydrogen-bond acceptors (Lipinski definition) is 2. The number of rotatable bonds is 1. The van der Waals surface area contributed by atoms with Gasteiger partial charge in [-0.15, -0.1) is 0 Å². The fourth-order valence-electron chi connectivity index (χ4n) is 1.68. The molecule has 1 aliphatic rings. The van der Waals surface area contributed by atoms with Gasteiger partial charge in [0, 0.05) is 25.3 Å². The average Bonchev–Trinajstić information content (AvgIpc) is 2.84. The van der Waals surface area contributed by atoms with Gasteiger partial charge in [0.15, 0.2) is 0 Å². The molecule has 1 aromatic rings. The maximum atomic E-state index is 11.8. The third-order valence-electron chi connectivity index (χ3n) is 2.41. The number of amides is 1. The molecule has 0 unspecified atom stereocenters. The first-order valence-electron chi connectivity index (χ1n) is 5.74. The maximum absolute atomic E-state index is 11.8. The highest BCUT2D eigenvalue weighted by Crippen LogP contribution is 2.12. The van der Waals surface area contributed by atoms with Crippen molar-refractivity contribution in [2.75, 3.05) is 19.7 Å². The molecule has 0 spiro atoms. The van der Waals surface area contributed by atoms with Gasteiger partial charge in [-0.2, -0.15) is 0 Å². The van der Waals surface area contributed by atoms with E-state index in [0.717, 1.165) is 31.5 Å². The highest BCUT2D eigenvalue weighted by atomic mass is 16.2. The van der Waals surface area contributed by atoms with Gasteiger partial charge in [-0.1, -0.05) is 18.2 Å². The largest absolute Gasteiger partial charge is 0.397 e. The Morgan fingerprint density at radius 1 is 1.25 bits per heavy atom. The molecule has 1 N–H and O–H groups in total. The molecule has 0 aliphatic carbocycles. The van der Waals surface area contributed by atoms with E-state index in [2.05, 4.69) is 0 Å². The molecule has 1 aliphatic heterocycles. The second kappa shape index (κ2) is 7.01. The topological polar surface area (TPSA) is 40.5 Å². The van der Waals surface area contributed by atoms with Crippen molar-refractivity contribution >= 4 is 5.91 Å². The zero-order valence-corrected chi connectivity index (χ0v) is 9.72. The van der Waals surface area contributed by atoms with Crippen molar-refractivity contribution in [2.45, 2.75) is 19.8 Å². The van der Waals surface area contributed by atoms with E-state index in [1.165, 1.54) is 0 Å². The monoisotopic (exact) mass is 221 g/mol. The Labute approximate surface area is 96.7 Å². The lowest BCUT2D eigenvalue weighted by molar-refractivity contribution is 0.0793. The number of carbonyl (C=O) groups excluding carboxylic acids is 1. The van der Waals surface area contributed by atoms with Gasteiger partial charge in [-0.05, 0) is 31.9 Å². The van der Waals surface area contributed by atoms with Gasteiger partial charge in [0.25, 0.3) is 5.91 Å². The Morgan fingerprint density at radius 2 is 1.75 bits per heavy atom. The first-order chi connectivity index (χ1) is 7.79. The van der Waals surface area contributed by atoms with Crippen molar-refractivity contribution in [3.8, 4) is 0 Å². The molecule has 1 heterocycles. The van der Waals surface area contributed by atoms with Crippen LogP contribution < -0.4 is 0 Å². The molecule has 0 atom stereocenters. The quantitative estimate of drug-likeness (QED) is 0.787. The SMILES string of the molecule is CCO.O=C(c1ccccc1)N1CCCC1. The number of carbonyl (C=O) groups is 1. The minimum absolute atomic E-state index is 0.179. The van der Waals surface area contributed by atoms with Crippen LogP contribution in [-0.2, 0) is 0 Å². The fraction of sp³-hybridized carbons (Fsp3) is 0.462. The first-order valence-corrected chi connectivity index (χ1v) is 5.74. The third kappa shape index (κ3) is 3.66. The van der Waals surface area contributed by atoms with Crippen LogP contribution in [0.2, 0.25) is 0 Å². The summed E-state index contributed by atoms with van der Waals surface area (Å²) in [5.41, 5.74) is 0.810. The molecular formula is C13H19NO2. The molecule has 1 amide bonds. The van der Waals surface area contributed by atoms with Crippen molar-refractivity contribution in [3.05, 3.63) is 35.9 Å². The summed E-state index contributed by atoms with van der Waals surface area (Å²) in [6.45, 7) is 3.78. The summed E-state index contributed by atoms with van der Waals surface area (Å²) in [7, 11) is 0. The summed E-state index contributed by atoms with van der Waals surface area (Å²) in [5, 5.41) is 7.57. The maximum Gasteiger partial charge on any atom is 0.253 e. The summed E-state index contributed by atoms with van der Waals surface area (Å²) in [5.74, 6) is 0.179. The standard InChI is InChI=1S/C11H13NO.C2H6O/c13-11(12-8-4-5-9-12)10-6-2-1-3-7-10;1-2-3/h1-3,6-7H,4-5,8-9H2;3H,2H2,1H3. The van der Waals surface area contributed by atoms with Crippen molar-refractivity contribution < 1.29 is 9.90 Å². The van der Waals surface area contributed by atoms with Crippen LogP contribution in [0.4, 0.5) is 0 Å². The van der Waals surface area contributed by atoms with E-state index in [4.69, 9.17) is 5.11 Å². The number of aliphatic hydroxyl groups excluding tert-OH is 1. The van der Waals surface area contributed by atoms with Crippen LogP contribution in [0, 0.1) is 0 Å².